The predicted molar refractivity (Wildman–Crippen MR) is 67.6 cm³/mol. The maximum atomic E-state index is 5.77. The molecule has 0 amide bonds. The fourth-order valence-electron chi connectivity index (χ4n) is 2.95. The van der Waals surface area contributed by atoms with Crippen molar-refractivity contribution in [2.24, 2.45) is 5.73 Å². The molecule has 0 atom stereocenters. The van der Waals surface area contributed by atoms with E-state index in [1.807, 2.05) is 0 Å². The summed E-state index contributed by atoms with van der Waals surface area (Å²) in [6, 6.07) is 4.56. The molecule has 2 nitrogen and oxygen atoms in total. The van der Waals surface area contributed by atoms with Gasteiger partial charge in [0, 0.05) is 24.2 Å². The van der Waals surface area contributed by atoms with E-state index in [1.165, 1.54) is 52.7 Å². The molecule has 0 aliphatic carbocycles. The van der Waals surface area contributed by atoms with E-state index in [1.54, 1.807) is 0 Å². The highest BCUT2D eigenvalue weighted by molar-refractivity contribution is 5.89. The van der Waals surface area contributed by atoms with Crippen LogP contribution in [0.2, 0.25) is 0 Å². The molecule has 0 bridgehead atoms. The summed E-state index contributed by atoms with van der Waals surface area (Å²) < 4.78 is 2.48. The van der Waals surface area contributed by atoms with E-state index in [2.05, 4.69) is 30.5 Å². The minimum atomic E-state index is 0.645. The van der Waals surface area contributed by atoms with Gasteiger partial charge in [-0.3, -0.25) is 0 Å². The fourth-order valence-corrected chi connectivity index (χ4v) is 2.95. The standard InChI is InChI=1S/C14H18N2/c1-9-10(2)16-5-3-4-12-6-11(8-15)7-13(9)14(12)16/h6-7H,3-5,8,15H2,1-2H3. The first-order valence-electron chi connectivity index (χ1n) is 6.03. The largest absolute Gasteiger partial charge is 0.344 e. The van der Waals surface area contributed by atoms with E-state index in [0.717, 1.165) is 0 Å². The molecule has 1 aliphatic rings. The van der Waals surface area contributed by atoms with Crippen LogP contribution in [0.5, 0.6) is 0 Å². The zero-order valence-electron chi connectivity index (χ0n) is 10.0. The summed E-state index contributed by atoms with van der Waals surface area (Å²) in [4.78, 5) is 0. The summed E-state index contributed by atoms with van der Waals surface area (Å²) in [6.07, 6.45) is 2.46. The average molecular weight is 214 g/mol. The molecule has 2 heterocycles. The molecular weight excluding hydrogens is 196 g/mol. The van der Waals surface area contributed by atoms with E-state index < -0.39 is 0 Å². The lowest BCUT2D eigenvalue weighted by Gasteiger charge is -2.17. The van der Waals surface area contributed by atoms with Crippen molar-refractivity contribution in [2.75, 3.05) is 0 Å². The van der Waals surface area contributed by atoms with Crippen molar-refractivity contribution in [3.8, 4) is 0 Å². The highest BCUT2D eigenvalue weighted by atomic mass is 15.0. The van der Waals surface area contributed by atoms with Crippen LogP contribution in [0.15, 0.2) is 12.1 Å². The molecule has 1 aromatic heterocycles. The number of hydrogen-bond acceptors (Lipinski definition) is 1. The van der Waals surface area contributed by atoms with Crippen molar-refractivity contribution in [3.63, 3.8) is 0 Å². The first-order valence-corrected chi connectivity index (χ1v) is 6.03. The molecule has 0 unspecified atom stereocenters. The minimum absolute atomic E-state index is 0.645. The highest BCUT2D eigenvalue weighted by Crippen LogP contribution is 2.33. The summed E-state index contributed by atoms with van der Waals surface area (Å²) in [5.74, 6) is 0. The lowest BCUT2D eigenvalue weighted by Crippen LogP contribution is -2.09. The number of benzene rings is 1. The van der Waals surface area contributed by atoms with Crippen molar-refractivity contribution in [1.82, 2.24) is 4.57 Å². The van der Waals surface area contributed by atoms with Crippen molar-refractivity contribution >= 4 is 10.9 Å². The Morgan fingerprint density at radius 3 is 2.88 bits per heavy atom. The van der Waals surface area contributed by atoms with Crippen LogP contribution in [0.25, 0.3) is 10.9 Å². The van der Waals surface area contributed by atoms with Gasteiger partial charge in [0.15, 0.2) is 0 Å². The Morgan fingerprint density at radius 1 is 1.31 bits per heavy atom. The molecule has 0 fully saturated rings. The van der Waals surface area contributed by atoms with Gasteiger partial charge in [0.25, 0.3) is 0 Å². The number of nitrogens with zero attached hydrogens (tertiary/aromatic N) is 1. The molecule has 3 rings (SSSR count). The smallest absolute Gasteiger partial charge is 0.0517 e. The topological polar surface area (TPSA) is 30.9 Å². The van der Waals surface area contributed by atoms with Gasteiger partial charge in [-0.25, -0.2) is 0 Å². The maximum Gasteiger partial charge on any atom is 0.0517 e. The number of hydrogen-bond donors (Lipinski definition) is 1. The van der Waals surface area contributed by atoms with Crippen LogP contribution in [0.4, 0.5) is 0 Å². The number of aryl methyl sites for hydroxylation is 3. The van der Waals surface area contributed by atoms with Gasteiger partial charge in [0.1, 0.15) is 0 Å². The lowest BCUT2D eigenvalue weighted by atomic mass is 9.99. The van der Waals surface area contributed by atoms with Crippen LogP contribution in [0.3, 0.4) is 0 Å². The van der Waals surface area contributed by atoms with Gasteiger partial charge in [-0.1, -0.05) is 6.07 Å². The fraction of sp³-hybridized carbons (Fsp3) is 0.429. The molecule has 2 N–H and O–H groups in total. The molecule has 0 spiro atoms. The second kappa shape index (κ2) is 3.36. The maximum absolute atomic E-state index is 5.77. The molecule has 0 saturated carbocycles. The molecular formula is C14H18N2. The molecule has 0 radical (unpaired) electrons. The first-order chi connectivity index (χ1) is 7.72. The monoisotopic (exact) mass is 214 g/mol. The Bertz CT molecular complexity index is 564. The summed E-state index contributed by atoms with van der Waals surface area (Å²) in [5, 5.41) is 1.41. The molecule has 0 saturated heterocycles. The number of aromatic nitrogens is 1. The quantitative estimate of drug-likeness (QED) is 0.777. The third kappa shape index (κ3) is 1.17. The van der Waals surface area contributed by atoms with Crippen LogP contribution < -0.4 is 5.73 Å². The Morgan fingerprint density at radius 2 is 2.12 bits per heavy atom. The van der Waals surface area contributed by atoms with Crippen LogP contribution in [-0.2, 0) is 19.5 Å². The average Bonchev–Trinajstić information content (AvgIpc) is 2.56. The van der Waals surface area contributed by atoms with Gasteiger partial charge in [-0.05, 0) is 49.4 Å². The van der Waals surface area contributed by atoms with Crippen LogP contribution in [0.1, 0.15) is 28.8 Å². The van der Waals surface area contributed by atoms with E-state index in [4.69, 9.17) is 5.73 Å². The molecule has 1 aliphatic heterocycles. The second-order valence-electron chi connectivity index (χ2n) is 4.82. The Labute approximate surface area is 96.1 Å². The summed E-state index contributed by atoms with van der Waals surface area (Å²) in [5.41, 5.74) is 12.8. The number of rotatable bonds is 1. The lowest BCUT2D eigenvalue weighted by molar-refractivity contribution is 0.621. The van der Waals surface area contributed by atoms with E-state index in [0.29, 0.717) is 6.54 Å². The molecule has 84 valence electrons. The molecule has 2 heteroatoms. The van der Waals surface area contributed by atoms with Gasteiger partial charge < -0.3 is 10.3 Å². The summed E-state index contributed by atoms with van der Waals surface area (Å²) in [7, 11) is 0. The van der Waals surface area contributed by atoms with Gasteiger partial charge in [0.2, 0.25) is 0 Å². The van der Waals surface area contributed by atoms with Gasteiger partial charge in [-0.15, -0.1) is 0 Å². The van der Waals surface area contributed by atoms with Gasteiger partial charge in [0.05, 0.1) is 5.52 Å². The zero-order chi connectivity index (χ0) is 11.3. The molecule has 1 aromatic carbocycles. The van der Waals surface area contributed by atoms with Crippen molar-refractivity contribution in [3.05, 3.63) is 34.5 Å². The zero-order valence-corrected chi connectivity index (χ0v) is 10.0. The number of nitrogens with two attached hydrogens (primary N) is 1. The Balaban J connectivity index is 2.45. The van der Waals surface area contributed by atoms with E-state index in [9.17, 15) is 0 Å². The van der Waals surface area contributed by atoms with E-state index in [-0.39, 0.29) is 0 Å². The van der Waals surface area contributed by atoms with Crippen LogP contribution in [0, 0.1) is 13.8 Å². The first kappa shape index (κ1) is 9.91. The normalized spacial score (nSPS) is 14.7. The predicted octanol–water partition coefficient (Wildman–Crippen LogP) is 2.66. The Kier molecular flexibility index (Phi) is 2.08. The van der Waals surface area contributed by atoms with Crippen molar-refractivity contribution in [2.45, 2.75) is 39.8 Å². The summed E-state index contributed by atoms with van der Waals surface area (Å²) >= 11 is 0. The van der Waals surface area contributed by atoms with Gasteiger partial charge in [-0.2, -0.15) is 0 Å². The second-order valence-corrected chi connectivity index (χ2v) is 4.82. The molecule has 2 aromatic rings. The van der Waals surface area contributed by atoms with Crippen LogP contribution >= 0.6 is 0 Å². The minimum Gasteiger partial charge on any atom is -0.344 e. The third-order valence-electron chi connectivity index (χ3n) is 3.93. The van der Waals surface area contributed by atoms with Crippen molar-refractivity contribution < 1.29 is 0 Å². The van der Waals surface area contributed by atoms with Crippen molar-refractivity contribution in [1.29, 1.82) is 0 Å². The summed E-state index contributed by atoms with van der Waals surface area (Å²) in [6.45, 7) is 6.27. The Hall–Kier alpha value is -1.28. The SMILES string of the molecule is Cc1c(C)n2c3c(cc(CN)cc13)CCC2. The highest BCUT2D eigenvalue weighted by Gasteiger charge is 2.18. The third-order valence-corrected chi connectivity index (χ3v) is 3.93. The molecule has 16 heavy (non-hydrogen) atoms. The van der Waals surface area contributed by atoms with Gasteiger partial charge >= 0.3 is 0 Å². The van der Waals surface area contributed by atoms with E-state index >= 15 is 0 Å². The van der Waals surface area contributed by atoms with Crippen LogP contribution in [-0.4, -0.2) is 4.57 Å².